The fourth-order valence-corrected chi connectivity index (χ4v) is 5.12. The minimum absolute atomic E-state index is 0.0525. The molecule has 1 aliphatic rings. The molecule has 0 fully saturated rings. The molecule has 33 heavy (non-hydrogen) atoms. The Bertz CT molecular complexity index is 900. The molecule has 2 heterocycles. The lowest BCUT2D eigenvalue weighted by molar-refractivity contribution is -0.136. The number of ether oxygens (including phenoxy) is 2. The Kier molecular flexibility index (Phi) is 9.94. The van der Waals surface area contributed by atoms with E-state index < -0.39 is 6.10 Å². The number of amides is 1. The van der Waals surface area contributed by atoms with Gasteiger partial charge in [0.15, 0.2) is 0 Å². The maximum Gasteiger partial charge on any atom is 0.237 e. The lowest BCUT2D eigenvalue weighted by Gasteiger charge is -2.37. The monoisotopic (exact) mass is 472 g/mol. The van der Waals surface area contributed by atoms with Crippen LogP contribution in [0.3, 0.4) is 0 Å². The second-order valence-electron chi connectivity index (χ2n) is 8.53. The number of rotatable bonds is 13. The van der Waals surface area contributed by atoms with Gasteiger partial charge in [0.1, 0.15) is 12.4 Å². The largest absolute Gasteiger partial charge is 0.491 e. The lowest BCUT2D eigenvalue weighted by Crippen LogP contribution is -2.48. The van der Waals surface area contributed by atoms with Crippen molar-refractivity contribution in [2.24, 2.45) is 0 Å². The standard InChI is InChI=1S/C26H36N2O4S/c1-4-5-8-21(29)17-27(13-14-31-3)18-26(30)28-12-10-25-23(11-15-33-25)24(28)19-32-22-9-6-7-20(2)16-22/h4,6-7,9,11,15-16,21,24,29H,1,5,8,10,12-14,17-19H2,2-3H3/t21-,24-/m1/s1. The number of carbonyl (C=O) groups is 1. The molecule has 1 N–H and O–H groups in total. The molecule has 6 nitrogen and oxygen atoms in total. The Labute approximate surface area is 201 Å². The number of aliphatic hydroxyl groups excluding tert-OH is 1. The van der Waals surface area contributed by atoms with E-state index >= 15 is 0 Å². The van der Waals surface area contributed by atoms with E-state index in [-0.39, 0.29) is 18.5 Å². The van der Waals surface area contributed by atoms with Crippen LogP contribution in [0, 0.1) is 6.92 Å². The molecule has 1 aromatic carbocycles. The molecule has 180 valence electrons. The second kappa shape index (κ2) is 12.9. The van der Waals surface area contributed by atoms with Gasteiger partial charge in [0.25, 0.3) is 0 Å². The summed E-state index contributed by atoms with van der Waals surface area (Å²) >= 11 is 1.75. The van der Waals surface area contributed by atoms with Gasteiger partial charge in [-0.25, -0.2) is 0 Å². The Balaban J connectivity index is 1.70. The van der Waals surface area contributed by atoms with Crippen LogP contribution in [-0.2, 0) is 16.0 Å². The predicted octanol–water partition coefficient (Wildman–Crippen LogP) is 3.84. The first-order valence-electron chi connectivity index (χ1n) is 11.6. The van der Waals surface area contributed by atoms with Crippen LogP contribution < -0.4 is 4.74 Å². The molecular weight excluding hydrogens is 436 g/mol. The first kappa shape index (κ1) is 25.4. The fraction of sp³-hybridized carbons (Fsp3) is 0.500. The molecule has 3 rings (SSSR count). The van der Waals surface area contributed by atoms with Crippen LogP contribution >= 0.6 is 11.3 Å². The number of carbonyl (C=O) groups excluding carboxylic acids is 1. The Morgan fingerprint density at radius 2 is 2.27 bits per heavy atom. The molecule has 0 spiro atoms. The van der Waals surface area contributed by atoms with Crippen molar-refractivity contribution < 1.29 is 19.4 Å². The van der Waals surface area contributed by atoms with Crippen molar-refractivity contribution in [1.29, 1.82) is 0 Å². The second-order valence-corrected chi connectivity index (χ2v) is 9.53. The summed E-state index contributed by atoms with van der Waals surface area (Å²) in [6, 6.07) is 9.98. The molecule has 0 saturated carbocycles. The van der Waals surface area contributed by atoms with Gasteiger partial charge < -0.3 is 19.5 Å². The summed E-state index contributed by atoms with van der Waals surface area (Å²) in [4.78, 5) is 18.7. The Morgan fingerprint density at radius 1 is 1.42 bits per heavy atom. The molecule has 0 saturated heterocycles. The average Bonchev–Trinajstić information content (AvgIpc) is 3.28. The van der Waals surface area contributed by atoms with Crippen molar-refractivity contribution in [2.75, 3.05) is 46.5 Å². The zero-order valence-corrected chi connectivity index (χ0v) is 20.6. The van der Waals surface area contributed by atoms with Gasteiger partial charge in [-0.15, -0.1) is 17.9 Å². The van der Waals surface area contributed by atoms with Gasteiger partial charge in [-0.3, -0.25) is 9.69 Å². The highest BCUT2D eigenvalue weighted by Gasteiger charge is 2.33. The molecule has 0 unspecified atom stereocenters. The first-order valence-corrected chi connectivity index (χ1v) is 12.4. The summed E-state index contributed by atoms with van der Waals surface area (Å²) in [5.41, 5.74) is 2.32. The molecule has 0 aliphatic carbocycles. The zero-order chi connectivity index (χ0) is 23.6. The van der Waals surface area contributed by atoms with Crippen molar-refractivity contribution in [2.45, 2.75) is 38.3 Å². The van der Waals surface area contributed by atoms with Gasteiger partial charge in [-0.1, -0.05) is 18.2 Å². The number of hydrogen-bond acceptors (Lipinski definition) is 6. The highest BCUT2D eigenvalue weighted by atomic mass is 32.1. The van der Waals surface area contributed by atoms with Crippen molar-refractivity contribution in [3.63, 3.8) is 0 Å². The third kappa shape index (κ3) is 7.40. The number of methoxy groups -OCH3 is 1. The summed E-state index contributed by atoms with van der Waals surface area (Å²) in [7, 11) is 1.65. The molecule has 1 amide bonds. The molecular formula is C26H36N2O4S. The number of nitrogens with zero attached hydrogens (tertiary/aromatic N) is 2. The van der Waals surface area contributed by atoms with Crippen molar-refractivity contribution in [3.8, 4) is 5.75 Å². The SMILES string of the molecule is C=CCC[C@@H](O)CN(CCOC)CC(=O)N1CCc2sccc2[C@H]1COc1cccc(C)c1. The zero-order valence-electron chi connectivity index (χ0n) is 19.7. The minimum atomic E-state index is -0.502. The van der Waals surface area contributed by atoms with E-state index in [0.29, 0.717) is 39.3 Å². The third-order valence-corrected chi connectivity index (χ3v) is 6.95. The number of aliphatic hydroxyl groups is 1. The molecule has 2 atom stereocenters. The molecule has 2 aromatic rings. The van der Waals surface area contributed by atoms with Crippen LogP contribution in [-0.4, -0.2) is 73.4 Å². The Morgan fingerprint density at radius 3 is 3.03 bits per heavy atom. The summed E-state index contributed by atoms with van der Waals surface area (Å²) in [5, 5.41) is 12.5. The third-order valence-electron chi connectivity index (χ3n) is 5.96. The highest BCUT2D eigenvalue weighted by molar-refractivity contribution is 7.10. The number of hydrogen-bond donors (Lipinski definition) is 1. The quantitative estimate of drug-likeness (QED) is 0.449. The smallest absolute Gasteiger partial charge is 0.237 e. The van der Waals surface area contributed by atoms with Crippen LogP contribution in [0.25, 0.3) is 0 Å². The van der Waals surface area contributed by atoms with Crippen LogP contribution in [0.2, 0.25) is 0 Å². The predicted molar refractivity (Wildman–Crippen MR) is 133 cm³/mol. The van der Waals surface area contributed by atoms with Crippen LogP contribution in [0.4, 0.5) is 0 Å². The average molecular weight is 473 g/mol. The fourth-order valence-electron chi connectivity index (χ4n) is 4.19. The van der Waals surface area contributed by atoms with E-state index in [2.05, 4.69) is 18.0 Å². The minimum Gasteiger partial charge on any atom is -0.491 e. The number of thiophene rings is 1. The van der Waals surface area contributed by atoms with Crippen LogP contribution in [0.1, 0.15) is 34.9 Å². The first-order chi connectivity index (χ1) is 16.0. The van der Waals surface area contributed by atoms with Gasteiger partial charge in [0, 0.05) is 31.6 Å². The number of aryl methyl sites for hydroxylation is 1. The number of allylic oxidation sites excluding steroid dienone is 1. The van der Waals surface area contributed by atoms with Crippen LogP contribution in [0.15, 0.2) is 48.4 Å². The van der Waals surface area contributed by atoms with E-state index in [1.165, 1.54) is 10.4 Å². The van der Waals surface area contributed by atoms with Crippen molar-refractivity contribution in [1.82, 2.24) is 9.80 Å². The number of fused-ring (bicyclic) bond motifs is 1. The van der Waals surface area contributed by atoms with E-state index in [1.54, 1.807) is 24.5 Å². The molecule has 7 heteroatoms. The Hall–Kier alpha value is -2.19. The van der Waals surface area contributed by atoms with E-state index in [4.69, 9.17) is 9.47 Å². The summed E-state index contributed by atoms with van der Waals surface area (Å²) in [5.74, 6) is 0.869. The maximum atomic E-state index is 13.5. The maximum absolute atomic E-state index is 13.5. The van der Waals surface area contributed by atoms with Gasteiger partial charge in [0.05, 0.1) is 25.3 Å². The van der Waals surface area contributed by atoms with Gasteiger partial charge >= 0.3 is 0 Å². The van der Waals surface area contributed by atoms with Crippen molar-refractivity contribution in [3.05, 3.63) is 64.4 Å². The lowest BCUT2D eigenvalue weighted by atomic mass is 10.0. The normalized spacial score (nSPS) is 16.5. The van der Waals surface area contributed by atoms with Gasteiger partial charge in [-0.05, 0) is 60.9 Å². The van der Waals surface area contributed by atoms with Crippen molar-refractivity contribution >= 4 is 17.2 Å². The van der Waals surface area contributed by atoms with E-state index in [1.807, 2.05) is 41.0 Å². The van der Waals surface area contributed by atoms with Crippen LogP contribution in [0.5, 0.6) is 5.75 Å². The topological polar surface area (TPSA) is 62.2 Å². The summed E-state index contributed by atoms with van der Waals surface area (Å²) < 4.78 is 11.4. The highest BCUT2D eigenvalue weighted by Crippen LogP contribution is 2.34. The molecule has 1 aliphatic heterocycles. The summed E-state index contributed by atoms with van der Waals surface area (Å²) in [6.45, 7) is 8.63. The molecule has 0 bridgehead atoms. The molecule has 0 radical (unpaired) electrons. The van der Waals surface area contributed by atoms with Gasteiger partial charge in [0.2, 0.25) is 5.91 Å². The summed E-state index contributed by atoms with van der Waals surface area (Å²) in [6.07, 6.45) is 3.55. The number of benzene rings is 1. The molecule has 1 aromatic heterocycles. The van der Waals surface area contributed by atoms with Gasteiger partial charge in [-0.2, -0.15) is 0 Å². The van der Waals surface area contributed by atoms with E-state index in [9.17, 15) is 9.90 Å². The van der Waals surface area contributed by atoms with E-state index in [0.717, 1.165) is 24.2 Å².